The normalized spacial score (nSPS) is 33.2. The monoisotopic (exact) mass is 200 g/mol. The van der Waals surface area contributed by atoms with Crippen LogP contribution in [0.3, 0.4) is 0 Å². The van der Waals surface area contributed by atoms with E-state index >= 15 is 0 Å². The minimum Gasteiger partial charge on any atom is -0.462 e. The van der Waals surface area contributed by atoms with Crippen molar-refractivity contribution in [3.8, 4) is 0 Å². The maximum Gasteiger partial charge on any atom is 0.302 e. The molecule has 3 nitrogen and oxygen atoms in total. The van der Waals surface area contributed by atoms with E-state index in [1.807, 2.05) is 0 Å². The fourth-order valence-corrected chi connectivity index (χ4v) is 2.03. The topological polar surface area (TPSA) is 35.5 Å². The zero-order valence-electron chi connectivity index (χ0n) is 7.73. The number of ether oxygens (including phenoxy) is 1. The molecular weight excluding hydrogens is 186 g/mol. The molecule has 0 aromatic carbocycles. The van der Waals surface area contributed by atoms with E-state index in [1.165, 1.54) is 6.92 Å². The van der Waals surface area contributed by atoms with Crippen molar-refractivity contribution >= 4 is 23.3 Å². The van der Waals surface area contributed by atoms with Crippen LogP contribution in [-0.4, -0.2) is 26.5 Å². The van der Waals surface area contributed by atoms with Gasteiger partial charge in [0.15, 0.2) is 0 Å². The molecule has 1 aliphatic carbocycles. The average Bonchev–Trinajstić information content (AvgIpc) is 2.31. The lowest BCUT2D eigenvalue weighted by molar-refractivity contribution is -0.148. The maximum atomic E-state index is 10.7. The Kier molecular flexibility index (Phi) is 4.21. The smallest absolute Gasteiger partial charge is 0.302 e. The molecule has 0 amide bonds. The Balaban J connectivity index is 2.45. The van der Waals surface area contributed by atoms with Crippen molar-refractivity contribution in [3.05, 3.63) is 0 Å². The van der Waals surface area contributed by atoms with E-state index in [1.54, 1.807) is 0 Å². The van der Waals surface area contributed by atoms with E-state index in [4.69, 9.17) is 17.1 Å². The van der Waals surface area contributed by atoms with Gasteiger partial charge in [0.2, 0.25) is 0 Å². The molecular formula is C8H14BO3P. The first-order valence-corrected chi connectivity index (χ1v) is 4.85. The molecule has 2 radical (unpaired) electrons. The van der Waals surface area contributed by atoms with Gasteiger partial charge in [0, 0.05) is 22.3 Å². The summed E-state index contributed by atoms with van der Waals surface area (Å²) in [4.78, 5) is 10.7. The SMILES string of the molecule is [B][C@@H]1CC(OC(C)=O)[C@H](COP)C1. The minimum atomic E-state index is -0.243. The van der Waals surface area contributed by atoms with Crippen molar-refractivity contribution in [3.63, 3.8) is 0 Å². The Labute approximate surface area is 82.2 Å². The van der Waals surface area contributed by atoms with E-state index in [-0.39, 0.29) is 23.8 Å². The second-order valence-electron chi connectivity index (χ2n) is 3.47. The van der Waals surface area contributed by atoms with Crippen LogP contribution >= 0.6 is 9.47 Å². The van der Waals surface area contributed by atoms with Crippen molar-refractivity contribution in [1.82, 2.24) is 0 Å². The van der Waals surface area contributed by atoms with Crippen LogP contribution < -0.4 is 0 Å². The van der Waals surface area contributed by atoms with E-state index < -0.39 is 0 Å². The third kappa shape index (κ3) is 3.28. The van der Waals surface area contributed by atoms with Crippen LogP contribution in [0.25, 0.3) is 0 Å². The van der Waals surface area contributed by atoms with Crippen LogP contribution in [0, 0.1) is 5.92 Å². The Bertz CT molecular complexity index is 188. The van der Waals surface area contributed by atoms with Crippen LogP contribution in [0.15, 0.2) is 0 Å². The standard InChI is InChI=1S/C8H14BO3P/c1-5(10)12-8-3-7(9)2-6(8)4-11-13/h6-8H,2-4,13H2,1H3/t6-,7-,8?/m0/s1. The predicted octanol–water partition coefficient (Wildman–Crippen LogP) is 1.09. The molecule has 1 saturated carbocycles. The van der Waals surface area contributed by atoms with Crippen molar-refractivity contribution in [2.24, 2.45) is 5.92 Å². The van der Waals surface area contributed by atoms with Crippen LogP contribution in [0.4, 0.5) is 0 Å². The second-order valence-corrected chi connectivity index (χ2v) is 3.81. The number of rotatable bonds is 3. The molecule has 13 heavy (non-hydrogen) atoms. The molecule has 0 aromatic rings. The molecule has 4 atom stereocenters. The van der Waals surface area contributed by atoms with E-state index in [0.29, 0.717) is 6.61 Å². The Morgan fingerprint density at radius 3 is 2.85 bits per heavy atom. The second kappa shape index (κ2) is 4.97. The van der Waals surface area contributed by atoms with Gasteiger partial charge in [0.1, 0.15) is 6.10 Å². The summed E-state index contributed by atoms with van der Waals surface area (Å²) in [6.45, 7) is 2.00. The lowest BCUT2D eigenvalue weighted by Gasteiger charge is -2.18. The fourth-order valence-electron chi connectivity index (χ4n) is 1.78. The Morgan fingerprint density at radius 1 is 1.62 bits per heavy atom. The van der Waals surface area contributed by atoms with E-state index in [9.17, 15) is 4.79 Å². The Morgan fingerprint density at radius 2 is 2.31 bits per heavy atom. The molecule has 1 aliphatic rings. The molecule has 2 unspecified atom stereocenters. The van der Waals surface area contributed by atoms with Gasteiger partial charge in [-0.1, -0.05) is 5.82 Å². The summed E-state index contributed by atoms with van der Waals surface area (Å²) in [5.74, 6) is 0.138. The molecule has 1 rings (SSSR count). The summed E-state index contributed by atoms with van der Waals surface area (Å²) < 4.78 is 10.1. The third-order valence-electron chi connectivity index (χ3n) is 2.29. The summed E-state index contributed by atoms with van der Waals surface area (Å²) in [6.07, 6.45) is 1.55. The number of esters is 1. The van der Waals surface area contributed by atoms with Gasteiger partial charge in [0.05, 0.1) is 14.5 Å². The maximum absolute atomic E-state index is 10.7. The average molecular weight is 200 g/mol. The highest BCUT2D eigenvalue weighted by molar-refractivity contribution is 7.09. The van der Waals surface area contributed by atoms with E-state index in [0.717, 1.165) is 12.8 Å². The molecule has 0 heterocycles. The van der Waals surface area contributed by atoms with Crippen LogP contribution in [-0.2, 0) is 14.1 Å². The zero-order valence-corrected chi connectivity index (χ0v) is 8.89. The van der Waals surface area contributed by atoms with Crippen molar-refractivity contribution in [2.75, 3.05) is 6.61 Å². The van der Waals surface area contributed by atoms with Crippen LogP contribution in [0.5, 0.6) is 0 Å². The highest BCUT2D eigenvalue weighted by Gasteiger charge is 2.33. The third-order valence-corrected chi connectivity index (χ3v) is 2.49. The highest BCUT2D eigenvalue weighted by Crippen LogP contribution is 2.35. The van der Waals surface area contributed by atoms with E-state index in [2.05, 4.69) is 9.47 Å². The molecule has 0 bridgehead atoms. The van der Waals surface area contributed by atoms with Gasteiger partial charge in [-0.25, -0.2) is 0 Å². The number of carbonyl (C=O) groups is 1. The zero-order chi connectivity index (χ0) is 9.84. The van der Waals surface area contributed by atoms with Gasteiger partial charge in [-0.15, -0.1) is 0 Å². The number of hydrogen-bond donors (Lipinski definition) is 0. The predicted molar refractivity (Wildman–Crippen MR) is 53.4 cm³/mol. The summed E-state index contributed by atoms with van der Waals surface area (Å²) in [5, 5.41) is 0. The molecule has 0 aliphatic heterocycles. The van der Waals surface area contributed by atoms with Gasteiger partial charge in [0.25, 0.3) is 0 Å². The molecule has 1 fully saturated rings. The van der Waals surface area contributed by atoms with Gasteiger partial charge in [-0.05, 0) is 12.8 Å². The fraction of sp³-hybridized carbons (Fsp3) is 0.875. The van der Waals surface area contributed by atoms with Crippen molar-refractivity contribution in [2.45, 2.75) is 31.7 Å². The molecule has 72 valence electrons. The summed E-state index contributed by atoms with van der Waals surface area (Å²) in [6, 6.07) is 0. The Hall–Kier alpha value is -0.0751. The van der Waals surface area contributed by atoms with Gasteiger partial charge in [-0.2, -0.15) is 0 Å². The largest absolute Gasteiger partial charge is 0.462 e. The molecule has 0 spiro atoms. The summed E-state index contributed by atoms with van der Waals surface area (Å²) in [7, 11) is 7.97. The van der Waals surface area contributed by atoms with Crippen LogP contribution in [0.2, 0.25) is 5.82 Å². The first-order chi connectivity index (χ1) is 6.13. The quantitative estimate of drug-likeness (QED) is 0.388. The van der Waals surface area contributed by atoms with Crippen molar-refractivity contribution in [1.29, 1.82) is 0 Å². The van der Waals surface area contributed by atoms with Gasteiger partial charge >= 0.3 is 5.97 Å². The van der Waals surface area contributed by atoms with Gasteiger partial charge < -0.3 is 9.26 Å². The first-order valence-electron chi connectivity index (χ1n) is 4.38. The van der Waals surface area contributed by atoms with Crippen LogP contribution in [0.1, 0.15) is 19.8 Å². The lowest BCUT2D eigenvalue weighted by atomic mass is 9.85. The molecule has 0 aromatic heterocycles. The minimum absolute atomic E-state index is 0.0620. The van der Waals surface area contributed by atoms with Gasteiger partial charge in [-0.3, -0.25) is 4.79 Å². The number of carbonyl (C=O) groups excluding carboxylic acids is 1. The number of hydrogen-bond acceptors (Lipinski definition) is 3. The summed E-state index contributed by atoms with van der Waals surface area (Å²) >= 11 is 0. The first kappa shape index (κ1) is 11.0. The summed E-state index contributed by atoms with van der Waals surface area (Å²) in [5.41, 5.74) is 0. The van der Waals surface area contributed by atoms with Crippen molar-refractivity contribution < 1.29 is 14.1 Å². The lowest BCUT2D eigenvalue weighted by Crippen LogP contribution is -2.23. The molecule has 0 saturated heterocycles. The highest BCUT2D eigenvalue weighted by atomic mass is 31.0. The molecule has 5 heteroatoms. The molecule has 0 N–H and O–H groups in total.